The Morgan fingerprint density at radius 1 is 1.43 bits per heavy atom. The van der Waals surface area contributed by atoms with E-state index < -0.39 is 0 Å². The maximum absolute atomic E-state index is 6.00. The molecular weight excluding hydrogens is 198 g/mol. The topological polar surface area (TPSA) is 35.2 Å². The summed E-state index contributed by atoms with van der Waals surface area (Å²) in [5.74, 6) is 0. The third kappa shape index (κ3) is 3.29. The molecule has 78 valence electrons. The normalized spacial score (nSPS) is 12.8. The highest BCUT2D eigenvalue weighted by atomic mass is 35.5. The smallest absolute Gasteiger partial charge is 0.0659 e. The van der Waals surface area contributed by atoms with Crippen molar-refractivity contribution < 1.29 is 4.74 Å². The molecule has 0 amide bonds. The van der Waals surface area contributed by atoms with Gasteiger partial charge in [0.25, 0.3) is 0 Å². The summed E-state index contributed by atoms with van der Waals surface area (Å²) in [5.41, 5.74) is 6.88. The zero-order valence-electron chi connectivity index (χ0n) is 8.37. The van der Waals surface area contributed by atoms with Crippen molar-refractivity contribution in [3.8, 4) is 0 Å². The van der Waals surface area contributed by atoms with Crippen molar-refractivity contribution in [2.45, 2.75) is 19.4 Å². The first-order chi connectivity index (χ1) is 6.75. The second-order valence-corrected chi connectivity index (χ2v) is 3.61. The van der Waals surface area contributed by atoms with Crippen LogP contribution in [0.5, 0.6) is 0 Å². The Hall–Kier alpha value is -0.570. The molecule has 0 aliphatic heterocycles. The molecule has 2 N–H and O–H groups in total. The molecule has 14 heavy (non-hydrogen) atoms. The van der Waals surface area contributed by atoms with E-state index in [0.717, 1.165) is 18.6 Å². The lowest BCUT2D eigenvalue weighted by Crippen LogP contribution is -2.17. The van der Waals surface area contributed by atoms with Gasteiger partial charge in [-0.3, -0.25) is 0 Å². The Kier molecular flexibility index (Phi) is 4.94. The van der Waals surface area contributed by atoms with Gasteiger partial charge in [0, 0.05) is 11.6 Å². The Morgan fingerprint density at radius 2 is 2.14 bits per heavy atom. The van der Waals surface area contributed by atoms with Crippen LogP contribution in [0.2, 0.25) is 5.02 Å². The lowest BCUT2D eigenvalue weighted by atomic mass is 10.1. The number of benzene rings is 1. The summed E-state index contributed by atoms with van der Waals surface area (Å²) in [6, 6.07) is 7.47. The number of hydrogen-bond donors (Lipinski definition) is 1. The molecule has 0 aliphatic rings. The van der Waals surface area contributed by atoms with Crippen molar-refractivity contribution in [2.24, 2.45) is 5.73 Å². The summed E-state index contributed by atoms with van der Waals surface area (Å²) in [6.07, 6.45) is 1.01. The molecule has 0 aromatic heterocycles. The van der Waals surface area contributed by atoms with Crippen molar-refractivity contribution in [1.82, 2.24) is 0 Å². The van der Waals surface area contributed by atoms with E-state index in [1.54, 1.807) is 0 Å². The van der Waals surface area contributed by atoms with Crippen LogP contribution in [0.3, 0.4) is 0 Å². The van der Waals surface area contributed by atoms with Crippen LogP contribution < -0.4 is 5.73 Å². The first kappa shape index (κ1) is 11.5. The molecule has 0 heterocycles. The summed E-state index contributed by atoms with van der Waals surface area (Å²) in [7, 11) is 0. The number of hydrogen-bond acceptors (Lipinski definition) is 2. The molecule has 0 aliphatic carbocycles. The van der Waals surface area contributed by atoms with Gasteiger partial charge in [0.15, 0.2) is 0 Å². The van der Waals surface area contributed by atoms with E-state index in [-0.39, 0.29) is 6.04 Å². The lowest BCUT2D eigenvalue weighted by molar-refractivity contribution is 0.121. The Labute approximate surface area is 90.0 Å². The Balaban J connectivity index is 2.51. The maximum Gasteiger partial charge on any atom is 0.0659 e. The molecule has 1 rings (SSSR count). The zero-order chi connectivity index (χ0) is 10.4. The van der Waals surface area contributed by atoms with Gasteiger partial charge in [-0.1, -0.05) is 36.7 Å². The average molecular weight is 214 g/mol. The monoisotopic (exact) mass is 213 g/mol. The second kappa shape index (κ2) is 6.02. The van der Waals surface area contributed by atoms with Crippen LogP contribution in [0.25, 0.3) is 0 Å². The van der Waals surface area contributed by atoms with Gasteiger partial charge >= 0.3 is 0 Å². The lowest BCUT2D eigenvalue weighted by Gasteiger charge is -2.13. The van der Waals surface area contributed by atoms with Crippen molar-refractivity contribution in [3.63, 3.8) is 0 Å². The zero-order valence-corrected chi connectivity index (χ0v) is 9.13. The van der Waals surface area contributed by atoms with Crippen LogP contribution in [-0.2, 0) is 4.74 Å². The van der Waals surface area contributed by atoms with E-state index in [4.69, 9.17) is 22.1 Å². The van der Waals surface area contributed by atoms with Gasteiger partial charge in [0.05, 0.1) is 12.6 Å². The van der Waals surface area contributed by atoms with E-state index in [1.807, 2.05) is 24.3 Å². The largest absolute Gasteiger partial charge is 0.379 e. The van der Waals surface area contributed by atoms with Gasteiger partial charge in [0.2, 0.25) is 0 Å². The minimum atomic E-state index is -0.129. The SMILES string of the molecule is CCCOCC(N)c1ccccc1Cl. The molecule has 0 fully saturated rings. The molecule has 1 aromatic rings. The third-order valence-corrected chi connectivity index (χ3v) is 2.29. The Bertz CT molecular complexity index is 278. The van der Waals surface area contributed by atoms with Crippen LogP contribution in [0.4, 0.5) is 0 Å². The summed E-state index contributed by atoms with van der Waals surface area (Å²) < 4.78 is 5.37. The van der Waals surface area contributed by atoms with Crippen molar-refractivity contribution in [3.05, 3.63) is 34.9 Å². The molecule has 0 spiro atoms. The molecule has 0 saturated carbocycles. The molecule has 1 unspecified atom stereocenters. The minimum absolute atomic E-state index is 0.129. The fraction of sp³-hybridized carbons (Fsp3) is 0.455. The summed E-state index contributed by atoms with van der Waals surface area (Å²) in [5, 5.41) is 0.708. The van der Waals surface area contributed by atoms with Crippen LogP contribution in [0.1, 0.15) is 24.9 Å². The predicted molar refractivity (Wildman–Crippen MR) is 59.5 cm³/mol. The van der Waals surface area contributed by atoms with Gasteiger partial charge < -0.3 is 10.5 Å². The van der Waals surface area contributed by atoms with Gasteiger partial charge in [0.1, 0.15) is 0 Å². The van der Waals surface area contributed by atoms with Crippen LogP contribution >= 0.6 is 11.6 Å². The molecule has 0 bridgehead atoms. The number of halogens is 1. The van der Waals surface area contributed by atoms with Crippen molar-refractivity contribution >= 4 is 11.6 Å². The number of nitrogens with two attached hydrogens (primary N) is 1. The van der Waals surface area contributed by atoms with E-state index in [9.17, 15) is 0 Å². The highest BCUT2D eigenvalue weighted by Crippen LogP contribution is 2.20. The third-order valence-electron chi connectivity index (χ3n) is 1.95. The maximum atomic E-state index is 6.00. The summed E-state index contributed by atoms with van der Waals surface area (Å²) in [6.45, 7) is 3.34. The molecule has 0 radical (unpaired) electrons. The van der Waals surface area contributed by atoms with E-state index in [1.165, 1.54) is 0 Å². The molecule has 3 heteroatoms. The van der Waals surface area contributed by atoms with Gasteiger partial charge in [-0.25, -0.2) is 0 Å². The van der Waals surface area contributed by atoms with E-state index >= 15 is 0 Å². The quantitative estimate of drug-likeness (QED) is 0.764. The van der Waals surface area contributed by atoms with Crippen molar-refractivity contribution in [1.29, 1.82) is 0 Å². The van der Waals surface area contributed by atoms with Gasteiger partial charge in [-0.15, -0.1) is 0 Å². The second-order valence-electron chi connectivity index (χ2n) is 3.20. The molecule has 0 saturated heterocycles. The fourth-order valence-corrected chi connectivity index (χ4v) is 1.50. The van der Waals surface area contributed by atoms with E-state index in [0.29, 0.717) is 11.6 Å². The van der Waals surface area contributed by atoms with E-state index in [2.05, 4.69) is 6.92 Å². The average Bonchev–Trinajstić information content (AvgIpc) is 2.18. The van der Waals surface area contributed by atoms with Gasteiger partial charge in [-0.2, -0.15) is 0 Å². The minimum Gasteiger partial charge on any atom is -0.379 e. The first-order valence-corrected chi connectivity index (χ1v) is 5.21. The van der Waals surface area contributed by atoms with Crippen LogP contribution in [0.15, 0.2) is 24.3 Å². The Morgan fingerprint density at radius 3 is 2.79 bits per heavy atom. The standard InChI is InChI=1S/C11H16ClNO/c1-2-7-14-8-11(13)9-5-3-4-6-10(9)12/h3-6,11H,2,7-8,13H2,1H3. The van der Waals surface area contributed by atoms with Crippen LogP contribution in [-0.4, -0.2) is 13.2 Å². The summed E-state index contributed by atoms with van der Waals surface area (Å²) in [4.78, 5) is 0. The molecule has 2 nitrogen and oxygen atoms in total. The molecule has 1 aromatic carbocycles. The molecular formula is C11H16ClNO. The first-order valence-electron chi connectivity index (χ1n) is 4.83. The highest BCUT2D eigenvalue weighted by Gasteiger charge is 2.08. The molecule has 1 atom stereocenters. The number of rotatable bonds is 5. The highest BCUT2D eigenvalue weighted by molar-refractivity contribution is 6.31. The summed E-state index contributed by atoms with van der Waals surface area (Å²) >= 11 is 6.00. The predicted octanol–water partition coefficient (Wildman–Crippen LogP) is 2.77. The van der Waals surface area contributed by atoms with Gasteiger partial charge in [-0.05, 0) is 18.1 Å². The van der Waals surface area contributed by atoms with Crippen LogP contribution in [0, 0.1) is 0 Å². The fourth-order valence-electron chi connectivity index (χ4n) is 1.22. The van der Waals surface area contributed by atoms with Crippen molar-refractivity contribution in [2.75, 3.05) is 13.2 Å². The number of ether oxygens (including phenoxy) is 1.